The minimum atomic E-state index is -0.663. The van der Waals surface area contributed by atoms with Gasteiger partial charge in [0, 0.05) is 22.8 Å². The Labute approximate surface area is 120 Å². The van der Waals surface area contributed by atoms with Gasteiger partial charge in [-0.3, -0.25) is 4.79 Å². The second-order valence-corrected chi connectivity index (χ2v) is 4.63. The molecule has 6 heteroatoms. The van der Waals surface area contributed by atoms with Crippen molar-refractivity contribution in [2.45, 2.75) is 6.54 Å². The molecule has 0 saturated heterocycles. The number of nitrogens with two attached hydrogens (primary N) is 1. The van der Waals surface area contributed by atoms with E-state index in [4.69, 9.17) is 17.3 Å². The Morgan fingerprint density at radius 2 is 2.05 bits per heavy atom. The van der Waals surface area contributed by atoms with Crippen LogP contribution in [0.5, 0.6) is 5.75 Å². The van der Waals surface area contributed by atoms with Gasteiger partial charge in [0.05, 0.1) is 5.56 Å². The van der Waals surface area contributed by atoms with Gasteiger partial charge in [-0.05, 0) is 36.4 Å². The molecular weight excluding hydrogens is 283 g/mol. The van der Waals surface area contributed by atoms with E-state index in [1.807, 2.05) is 0 Å². The minimum Gasteiger partial charge on any atom is -0.508 e. The topological polar surface area (TPSA) is 75.3 Å². The second-order valence-electron chi connectivity index (χ2n) is 4.19. The van der Waals surface area contributed by atoms with Gasteiger partial charge in [0.2, 0.25) is 0 Å². The molecule has 2 aromatic carbocycles. The largest absolute Gasteiger partial charge is 0.508 e. The summed E-state index contributed by atoms with van der Waals surface area (Å²) in [6.45, 7) is 0.0294. The molecule has 2 rings (SSSR count). The number of benzene rings is 2. The van der Waals surface area contributed by atoms with Crippen molar-refractivity contribution >= 4 is 23.2 Å². The number of halogens is 2. The fourth-order valence-corrected chi connectivity index (χ4v) is 1.86. The molecule has 4 N–H and O–H groups in total. The first-order valence-corrected chi connectivity index (χ1v) is 6.16. The van der Waals surface area contributed by atoms with Gasteiger partial charge in [-0.25, -0.2) is 4.39 Å². The van der Waals surface area contributed by atoms with E-state index in [9.17, 15) is 14.3 Å². The standard InChI is InChI=1S/C14H12ClFN2O2/c15-9-1-3-12(16)11(6-9)14(20)18-7-8-5-10(17)2-4-13(8)19/h1-6,19H,7,17H2,(H,18,20). The van der Waals surface area contributed by atoms with Crippen LogP contribution in [-0.2, 0) is 6.54 Å². The minimum absolute atomic E-state index is 0.00562. The van der Waals surface area contributed by atoms with Crippen LogP contribution in [0.3, 0.4) is 0 Å². The third-order valence-electron chi connectivity index (χ3n) is 2.72. The molecule has 0 aliphatic heterocycles. The summed E-state index contributed by atoms with van der Waals surface area (Å²) in [5.41, 5.74) is 6.34. The maximum absolute atomic E-state index is 13.5. The average molecular weight is 295 g/mol. The fourth-order valence-electron chi connectivity index (χ4n) is 1.69. The number of hydrogen-bond donors (Lipinski definition) is 3. The van der Waals surface area contributed by atoms with E-state index in [0.717, 1.165) is 6.07 Å². The third kappa shape index (κ3) is 3.19. The second kappa shape index (κ2) is 5.79. The van der Waals surface area contributed by atoms with Gasteiger partial charge in [-0.2, -0.15) is 0 Å². The lowest BCUT2D eigenvalue weighted by atomic mass is 10.1. The van der Waals surface area contributed by atoms with Crippen LogP contribution in [0.15, 0.2) is 36.4 Å². The van der Waals surface area contributed by atoms with Crippen molar-refractivity contribution in [3.63, 3.8) is 0 Å². The van der Waals surface area contributed by atoms with Crippen molar-refractivity contribution in [1.29, 1.82) is 0 Å². The highest BCUT2D eigenvalue weighted by molar-refractivity contribution is 6.31. The SMILES string of the molecule is Nc1ccc(O)c(CNC(=O)c2cc(Cl)ccc2F)c1. The average Bonchev–Trinajstić information content (AvgIpc) is 2.42. The van der Waals surface area contributed by atoms with Gasteiger partial charge >= 0.3 is 0 Å². The van der Waals surface area contributed by atoms with Crippen molar-refractivity contribution in [3.05, 3.63) is 58.4 Å². The van der Waals surface area contributed by atoms with Crippen LogP contribution in [0.1, 0.15) is 15.9 Å². The van der Waals surface area contributed by atoms with Crippen molar-refractivity contribution in [2.24, 2.45) is 0 Å². The zero-order chi connectivity index (χ0) is 14.7. The Morgan fingerprint density at radius 1 is 1.30 bits per heavy atom. The van der Waals surface area contributed by atoms with Crippen molar-refractivity contribution in [1.82, 2.24) is 5.32 Å². The zero-order valence-electron chi connectivity index (χ0n) is 10.4. The quantitative estimate of drug-likeness (QED) is 0.602. The van der Waals surface area contributed by atoms with Crippen LogP contribution in [0.25, 0.3) is 0 Å². The summed E-state index contributed by atoms with van der Waals surface area (Å²) < 4.78 is 13.5. The van der Waals surface area contributed by atoms with Gasteiger partial charge < -0.3 is 16.2 Å². The molecule has 0 atom stereocenters. The molecule has 0 radical (unpaired) electrons. The Kier molecular flexibility index (Phi) is 4.10. The first kappa shape index (κ1) is 14.1. The fraction of sp³-hybridized carbons (Fsp3) is 0.0714. The molecule has 0 aliphatic carbocycles. The summed E-state index contributed by atoms with van der Waals surface area (Å²) in [4.78, 5) is 11.9. The molecule has 4 nitrogen and oxygen atoms in total. The number of anilines is 1. The van der Waals surface area contributed by atoms with E-state index in [0.29, 0.717) is 11.3 Å². The molecule has 0 spiro atoms. The maximum atomic E-state index is 13.5. The van der Waals surface area contributed by atoms with Crippen LogP contribution in [0.2, 0.25) is 5.02 Å². The van der Waals surface area contributed by atoms with Gasteiger partial charge in [0.25, 0.3) is 5.91 Å². The molecular formula is C14H12ClFN2O2. The summed E-state index contributed by atoms with van der Waals surface area (Å²) in [7, 11) is 0. The number of phenols is 1. The van der Waals surface area contributed by atoms with Crippen LogP contribution in [0, 0.1) is 5.82 Å². The molecule has 2 aromatic rings. The molecule has 0 fully saturated rings. The summed E-state index contributed by atoms with van der Waals surface area (Å²) in [6.07, 6.45) is 0. The molecule has 0 aromatic heterocycles. The van der Waals surface area contributed by atoms with E-state index in [1.54, 1.807) is 0 Å². The Hall–Kier alpha value is -2.27. The molecule has 0 unspecified atom stereocenters. The van der Waals surface area contributed by atoms with Crippen molar-refractivity contribution < 1.29 is 14.3 Å². The summed E-state index contributed by atoms with van der Waals surface area (Å²) in [5, 5.41) is 12.4. The lowest BCUT2D eigenvalue weighted by Gasteiger charge is -2.09. The van der Waals surface area contributed by atoms with E-state index in [2.05, 4.69) is 5.32 Å². The third-order valence-corrected chi connectivity index (χ3v) is 2.95. The smallest absolute Gasteiger partial charge is 0.254 e. The lowest BCUT2D eigenvalue weighted by molar-refractivity contribution is 0.0946. The van der Waals surface area contributed by atoms with Crippen molar-refractivity contribution in [3.8, 4) is 5.75 Å². The number of nitrogens with one attached hydrogen (secondary N) is 1. The normalized spacial score (nSPS) is 10.3. The molecule has 0 bridgehead atoms. The maximum Gasteiger partial charge on any atom is 0.254 e. The highest BCUT2D eigenvalue weighted by Gasteiger charge is 2.12. The lowest BCUT2D eigenvalue weighted by Crippen LogP contribution is -2.24. The highest BCUT2D eigenvalue weighted by atomic mass is 35.5. The van der Waals surface area contributed by atoms with Crippen LogP contribution in [0.4, 0.5) is 10.1 Å². The predicted molar refractivity (Wildman–Crippen MR) is 75.1 cm³/mol. The summed E-state index contributed by atoms with van der Waals surface area (Å²) in [5.74, 6) is -1.28. The van der Waals surface area contributed by atoms with E-state index < -0.39 is 11.7 Å². The molecule has 1 amide bonds. The molecule has 20 heavy (non-hydrogen) atoms. The first-order chi connectivity index (χ1) is 9.47. The van der Waals surface area contributed by atoms with Gasteiger partial charge in [-0.1, -0.05) is 11.6 Å². The Morgan fingerprint density at radius 3 is 2.80 bits per heavy atom. The number of carbonyl (C=O) groups is 1. The molecule has 0 aliphatic rings. The molecule has 104 valence electrons. The number of phenolic OH excluding ortho intramolecular Hbond substituents is 1. The highest BCUT2D eigenvalue weighted by Crippen LogP contribution is 2.20. The first-order valence-electron chi connectivity index (χ1n) is 5.78. The summed E-state index contributed by atoms with van der Waals surface area (Å²) in [6, 6.07) is 8.22. The van der Waals surface area contributed by atoms with Crippen molar-refractivity contribution in [2.75, 3.05) is 5.73 Å². The van der Waals surface area contributed by atoms with E-state index in [1.165, 1.54) is 30.3 Å². The van der Waals surface area contributed by atoms with E-state index in [-0.39, 0.29) is 22.9 Å². The number of amides is 1. The predicted octanol–water partition coefficient (Wildman–Crippen LogP) is 2.70. The van der Waals surface area contributed by atoms with Gasteiger partial charge in [-0.15, -0.1) is 0 Å². The Bertz CT molecular complexity index is 662. The molecule has 0 heterocycles. The number of carbonyl (C=O) groups excluding carboxylic acids is 1. The van der Waals surface area contributed by atoms with Crippen LogP contribution in [-0.4, -0.2) is 11.0 Å². The number of aromatic hydroxyl groups is 1. The monoisotopic (exact) mass is 294 g/mol. The number of nitrogen functional groups attached to an aromatic ring is 1. The molecule has 0 saturated carbocycles. The van der Waals surface area contributed by atoms with Gasteiger partial charge in [0.1, 0.15) is 11.6 Å². The van der Waals surface area contributed by atoms with Crippen LogP contribution < -0.4 is 11.1 Å². The van der Waals surface area contributed by atoms with E-state index >= 15 is 0 Å². The summed E-state index contributed by atoms with van der Waals surface area (Å²) >= 11 is 5.72. The Balaban J connectivity index is 2.12. The number of rotatable bonds is 3. The number of hydrogen-bond acceptors (Lipinski definition) is 3. The van der Waals surface area contributed by atoms with Crippen LogP contribution >= 0.6 is 11.6 Å². The van der Waals surface area contributed by atoms with Gasteiger partial charge in [0.15, 0.2) is 0 Å². The zero-order valence-corrected chi connectivity index (χ0v) is 11.1.